The number of phenols is 2. The maximum absolute atomic E-state index is 13.5. The Bertz CT molecular complexity index is 3400. The van der Waals surface area contributed by atoms with Crippen molar-refractivity contribution in [3.8, 4) is 57.5 Å². The molecule has 25 nitrogen and oxygen atoms in total. The molecule has 470 valence electrons. The number of phenolic OH excluding ortho intramolecular Hbond substituents is 2. The molecule has 0 spiro atoms. The van der Waals surface area contributed by atoms with Crippen LogP contribution in [0, 0.1) is 29.6 Å². The monoisotopic (exact) mass is 1240 g/mol. The van der Waals surface area contributed by atoms with Crippen molar-refractivity contribution in [1.29, 1.82) is 0 Å². The number of hydrogen-bond acceptors (Lipinski definition) is 26. The fourth-order valence-electron chi connectivity index (χ4n) is 14.1. The van der Waals surface area contributed by atoms with Crippen molar-refractivity contribution in [3.05, 3.63) is 104 Å². The molecular formula is C62H66O25S. The Kier molecular flexibility index (Phi) is 15.7. The summed E-state index contributed by atoms with van der Waals surface area (Å²) in [7, 11) is 5.77. The molecule has 10 aliphatic rings. The Balaban J connectivity index is 0.000000155. The molecule has 5 unspecified atom stereocenters. The van der Waals surface area contributed by atoms with Crippen LogP contribution in [0.1, 0.15) is 82.4 Å². The largest absolute Gasteiger partial charge is 0.502 e. The van der Waals surface area contributed by atoms with Gasteiger partial charge in [-0.3, -0.25) is 9.59 Å². The number of carbonyl (C=O) groups excluding carboxylic acids is 2. The molecule has 0 amide bonds. The van der Waals surface area contributed by atoms with Crippen LogP contribution in [0.5, 0.6) is 57.5 Å². The molecule has 20 atom stereocenters. The van der Waals surface area contributed by atoms with Gasteiger partial charge in [-0.1, -0.05) is 13.0 Å². The number of rotatable bonds is 11. The summed E-state index contributed by atoms with van der Waals surface area (Å²) in [6.07, 6.45) is -11.0. The topological polar surface area (TPSA) is 301 Å². The van der Waals surface area contributed by atoms with Crippen LogP contribution < -0.4 is 37.9 Å². The summed E-state index contributed by atoms with van der Waals surface area (Å²) in [5.41, 5.74) is 4.26. The van der Waals surface area contributed by atoms with Crippen LogP contribution in [0.25, 0.3) is 0 Å². The van der Waals surface area contributed by atoms with Gasteiger partial charge >= 0.3 is 11.9 Å². The number of esters is 2. The molecule has 9 heterocycles. The Morgan fingerprint density at radius 1 is 0.511 bits per heavy atom. The highest BCUT2D eigenvalue weighted by Crippen LogP contribution is 2.60. The molecule has 15 rings (SSSR count). The lowest BCUT2D eigenvalue weighted by atomic mass is 9.66. The predicted octanol–water partition coefficient (Wildman–Crippen LogP) is 5.37. The first kappa shape index (κ1) is 58.7. The third kappa shape index (κ3) is 9.95. The zero-order chi connectivity index (χ0) is 61.0. The fourth-order valence-corrected chi connectivity index (χ4v) is 14.8. The first-order valence-electron chi connectivity index (χ1n) is 29.0. The van der Waals surface area contributed by atoms with Crippen LogP contribution in [-0.2, 0) is 57.0 Å². The molecule has 5 N–H and O–H groups in total. The van der Waals surface area contributed by atoms with Crippen molar-refractivity contribution in [2.45, 2.75) is 106 Å². The zero-order valence-electron chi connectivity index (χ0n) is 48.4. The summed E-state index contributed by atoms with van der Waals surface area (Å²) in [4.78, 5) is 27.8. The molecule has 5 aromatic rings. The molecular weight excluding hydrogens is 1180 g/mol. The van der Waals surface area contributed by atoms with Crippen molar-refractivity contribution >= 4 is 23.3 Å². The number of aromatic hydroxyl groups is 2. The highest BCUT2D eigenvalue weighted by atomic mass is 32.1. The number of hydrogen-bond donors (Lipinski definition) is 5. The molecule has 2 aliphatic carbocycles. The first-order chi connectivity index (χ1) is 42.6. The molecule has 0 radical (unpaired) electrons. The molecule has 0 saturated carbocycles. The Morgan fingerprint density at radius 2 is 0.966 bits per heavy atom. The quantitative estimate of drug-likeness (QED) is 0.104. The summed E-state index contributed by atoms with van der Waals surface area (Å²) < 4.78 is 105. The zero-order valence-corrected chi connectivity index (χ0v) is 49.3. The number of thiophene rings is 1. The van der Waals surface area contributed by atoms with Gasteiger partial charge in [-0.05, 0) is 100 Å². The Morgan fingerprint density at radius 3 is 1.44 bits per heavy atom. The van der Waals surface area contributed by atoms with Crippen LogP contribution in [0.15, 0.2) is 66.0 Å². The van der Waals surface area contributed by atoms with Crippen molar-refractivity contribution in [3.63, 3.8) is 0 Å². The standard InChI is InChI=1S/C32H32O13S.C30H34O12/c1-37-19-6-13(7-20(38-2)25(19)33)23-14-8-17-18(42-12-41-17)9-15(14)28(16-10-39-30(36)24(16)23)44-32-27(35)26(34)29-21(43-32)11-40-31(45-29)22-4-3-5-46-22;1-12-25(31)28-22(10-36-13(2)40-28)41-30(12)42-27-16-8-19-18(38-11-39-19)7-15(16)23(24-17(27)9-37-29(24)33)14-5-20(34-3)26(32)21(6-14)35-4/h3-9,16,21,23-24,26-29,31-35H,10-12H2,1-2H3;5-8,12-13,17,22-25,27-28,30-32H,9-11H2,1-4H3/t16-,21+,23?,24-,26+,27+,28+,29+,31+,32-;12-,13-,17?,22-,23?,24?,25-,27?,28-,30+/m01/s1. The second kappa shape index (κ2) is 23.5. The van der Waals surface area contributed by atoms with Crippen LogP contribution in [0.3, 0.4) is 0 Å². The smallest absolute Gasteiger partial charge is 0.310 e. The van der Waals surface area contributed by atoms with E-state index in [0.29, 0.717) is 45.3 Å². The third-order valence-corrected chi connectivity index (χ3v) is 19.3. The highest BCUT2D eigenvalue weighted by molar-refractivity contribution is 7.10. The predicted molar refractivity (Wildman–Crippen MR) is 297 cm³/mol. The minimum atomic E-state index is -1.47. The van der Waals surface area contributed by atoms with Crippen LogP contribution in [0.4, 0.5) is 0 Å². The third-order valence-electron chi connectivity index (χ3n) is 18.5. The van der Waals surface area contributed by atoms with Gasteiger partial charge in [0, 0.05) is 29.6 Å². The summed E-state index contributed by atoms with van der Waals surface area (Å²) in [6, 6.07) is 17.8. The van der Waals surface area contributed by atoms with Gasteiger partial charge in [-0.2, -0.15) is 0 Å². The molecule has 4 aromatic carbocycles. The first-order valence-corrected chi connectivity index (χ1v) is 29.9. The number of cyclic esters (lactones) is 2. The van der Waals surface area contributed by atoms with Crippen LogP contribution in [-0.4, -0.2) is 168 Å². The maximum Gasteiger partial charge on any atom is 0.310 e. The summed E-state index contributed by atoms with van der Waals surface area (Å²) in [5, 5.41) is 56.7. The second-order valence-corrected chi connectivity index (χ2v) is 24.1. The number of ether oxygens (including phenoxy) is 18. The van der Waals surface area contributed by atoms with Crippen molar-refractivity contribution in [2.75, 3.05) is 68.5 Å². The summed E-state index contributed by atoms with van der Waals surface area (Å²) in [6.45, 7) is 4.27. The van der Waals surface area contributed by atoms with E-state index in [1.165, 1.54) is 39.8 Å². The lowest BCUT2D eigenvalue weighted by Crippen LogP contribution is -2.62. The van der Waals surface area contributed by atoms with E-state index in [4.69, 9.17) is 85.3 Å². The van der Waals surface area contributed by atoms with E-state index in [1.54, 1.807) is 37.3 Å². The normalized spacial score (nSPS) is 35.3. The van der Waals surface area contributed by atoms with E-state index >= 15 is 0 Å². The van der Waals surface area contributed by atoms with Crippen LogP contribution in [0.2, 0.25) is 0 Å². The van der Waals surface area contributed by atoms with Gasteiger partial charge in [0.05, 0.1) is 89.9 Å². The number of methoxy groups -OCH3 is 4. The molecule has 1 aromatic heterocycles. The van der Waals surface area contributed by atoms with Crippen molar-refractivity contribution in [1.82, 2.24) is 0 Å². The van der Waals surface area contributed by atoms with Crippen LogP contribution >= 0.6 is 11.3 Å². The summed E-state index contributed by atoms with van der Waals surface area (Å²) >= 11 is 1.46. The number of benzene rings is 4. The fraction of sp³-hybridized carbons (Fsp3) is 0.516. The van der Waals surface area contributed by atoms with Gasteiger partial charge in [0.25, 0.3) is 0 Å². The average molecular weight is 1240 g/mol. The van der Waals surface area contributed by atoms with Gasteiger partial charge in [-0.15, -0.1) is 11.3 Å². The van der Waals surface area contributed by atoms with Gasteiger partial charge in [0.15, 0.2) is 71.2 Å². The van der Waals surface area contributed by atoms with E-state index in [2.05, 4.69) is 0 Å². The van der Waals surface area contributed by atoms with E-state index in [1.807, 2.05) is 42.6 Å². The molecule has 8 aliphatic heterocycles. The molecule has 26 heteroatoms. The second-order valence-electron chi connectivity index (χ2n) is 23.1. The lowest BCUT2D eigenvalue weighted by molar-refractivity contribution is -0.368. The van der Waals surface area contributed by atoms with Crippen molar-refractivity contribution < 1.29 is 120 Å². The van der Waals surface area contributed by atoms with Gasteiger partial charge < -0.3 is 111 Å². The minimum absolute atomic E-state index is 0.0242. The van der Waals surface area contributed by atoms with E-state index < -0.39 is 127 Å². The molecule has 88 heavy (non-hydrogen) atoms. The number of aliphatic hydroxyl groups excluding tert-OH is 3. The van der Waals surface area contributed by atoms with E-state index in [-0.39, 0.29) is 80.5 Å². The Hall–Kier alpha value is -6.92. The molecule has 6 saturated heterocycles. The van der Waals surface area contributed by atoms with E-state index in [9.17, 15) is 35.1 Å². The summed E-state index contributed by atoms with van der Waals surface area (Å²) in [5.74, 6) is -2.02. The highest BCUT2D eigenvalue weighted by Gasteiger charge is 2.58. The lowest BCUT2D eigenvalue weighted by Gasteiger charge is -2.48. The maximum atomic E-state index is 13.5. The number of fused-ring (bicyclic) bond motifs is 8. The van der Waals surface area contributed by atoms with Crippen molar-refractivity contribution in [2.24, 2.45) is 29.6 Å². The number of aliphatic hydroxyl groups is 3. The van der Waals surface area contributed by atoms with Gasteiger partial charge in [0.1, 0.15) is 36.6 Å². The minimum Gasteiger partial charge on any atom is -0.502 e. The average Bonchev–Trinajstić information content (AvgIpc) is 1.42. The Labute approximate surface area is 507 Å². The number of carbonyl (C=O) groups is 2. The van der Waals surface area contributed by atoms with Gasteiger partial charge in [0.2, 0.25) is 25.1 Å². The van der Waals surface area contributed by atoms with E-state index in [0.717, 1.165) is 16.0 Å². The molecule has 0 bridgehead atoms. The SMILES string of the molecule is COc1cc(C2c3cc4c(cc3C(O[C@@H]3O[C@@H]5CO[C@@H](C)O[C@H]5[C@H](O)[C@H]3C)C3COC(=O)C23)OCO4)cc(OC)c1O.COc1cc(C2c3cc4c(cc3[C@@H](O[C@@H]3O[C@@H]5CO[C@@H](c6cccs6)O[C@H]5[C@H](O)[C@H]3O)[C@H]3COC(=O)[C@H]23)OCO4)cc(OC)c1O. The van der Waals surface area contributed by atoms with Gasteiger partial charge in [-0.25, -0.2) is 0 Å². The molecule has 6 fully saturated rings.